The molecule has 4 rings (SSSR count). The van der Waals surface area contributed by atoms with Crippen molar-refractivity contribution in [1.82, 2.24) is 18.8 Å². The normalized spacial score (nSPS) is 12.6. The molecule has 2 aromatic carbocycles. The molecule has 0 aliphatic heterocycles. The second-order valence-electron chi connectivity index (χ2n) is 8.59. The van der Waals surface area contributed by atoms with Gasteiger partial charge >= 0.3 is 0 Å². The van der Waals surface area contributed by atoms with Gasteiger partial charge in [-0.05, 0) is 66.0 Å². The molecule has 0 bridgehead atoms. The average Bonchev–Trinajstić information content (AvgIpc) is 3.18. The van der Waals surface area contributed by atoms with Crippen molar-refractivity contribution in [3.63, 3.8) is 0 Å². The molecule has 2 aromatic heterocycles. The molecule has 2 heterocycles. The summed E-state index contributed by atoms with van der Waals surface area (Å²) in [4.78, 5) is 23.3. The Morgan fingerprint density at radius 1 is 1.17 bits per heavy atom. The van der Waals surface area contributed by atoms with Crippen molar-refractivity contribution in [1.29, 1.82) is 0 Å². The maximum atomic E-state index is 13.5. The predicted molar refractivity (Wildman–Crippen MR) is 138 cm³/mol. The molecule has 182 valence electrons. The molecule has 0 aliphatic rings. The van der Waals surface area contributed by atoms with E-state index in [0.717, 1.165) is 15.1 Å². The van der Waals surface area contributed by atoms with Crippen LogP contribution in [-0.4, -0.2) is 58.0 Å². The number of amides is 1. The van der Waals surface area contributed by atoms with Gasteiger partial charge in [0.15, 0.2) is 5.65 Å². The summed E-state index contributed by atoms with van der Waals surface area (Å²) in [5, 5.41) is 9.61. The van der Waals surface area contributed by atoms with Crippen LogP contribution >= 0.6 is 15.9 Å². The first-order valence-electron chi connectivity index (χ1n) is 10.9. The minimum Gasteiger partial charge on any atom is -0.392 e. The predicted octanol–water partition coefficient (Wildman–Crippen LogP) is 4.17. The van der Waals surface area contributed by atoms with Crippen LogP contribution < -0.4 is 0 Å². The zero-order chi connectivity index (χ0) is 25.5. The molecule has 8 nitrogen and oxygen atoms in total. The third kappa shape index (κ3) is 4.86. The number of carbonyl (C=O) groups excluding carboxylic acids is 1. The van der Waals surface area contributed by atoms with Crippen molar-refractivity contribution < 1.29 is 18.3 Å². The molecular weight excluding hydrogens is 532 g/mol. The third-order valence-corrected chi connectivity index (χ3v) is 7.71. The number of fused-ring (bicyclic) bond motifs is 1. The summed E-state index contributed by atoms with van der Waals surface area (Å²) in [7, 11) is -2.28. The SMILES string of the molecule is Cc1ccc(S(=O)(=O)n2cc(-c3ccc(C(=O)N(C)C[C@@H](C)O)c(C)c3)c3nc(Br)cnc32)cc1. The van der Waals surface area contributed by atoms with Crippen molar-refractivity contribution in [2.75, 3.05) is 13.6 Å². The Hall–Kier alpha value is -3.08. The lowest BCUT2D eigenvalue weighted by Crippen LogP contribution is -2.33. The second kappa shape index (κ2) is 9.52. The van der Waals surface area contributed by atoms with Gasteiger partial charge in [0.2, 0.25) is 0 Å². The molecule has 10 heteroatoms. The Kier molecular flexibility index (Phi) is 6.81. The van der Waals surface area contributed by atoms with E-state index in [1.165, 1.54) is 17.3 Å². The van der Waals surface area contributed by atoms with Gasteiger partial charge in [-0.3, -0.25) is 4.79 Å². The van der Waals surface area contributed by atoms with Crippen LogP contribution in [0.5, 0.6) is 0 Å². The first-order valence-corrected chi connectivity index (χ1v) is 13.1. The van der Waals surface area contributed by atoms with Crippen LogP contribution in [0.1, 0.15) is 28.4 Å². The average molecular weight is 557 g/mol. The van der Waals surface area contributed by atoms with Gasteiger partial charge in [-0.1, -0.05) is 29.8 Å². The molecule has 1 N–H and O–H groups in total. The number of aromatic nitrogens is 3. The molecule has 0 saturated heterocycles. The van der Waals surface area contributed by atoms with Gasteiger partial charge in [-0.25, -0.2) is 22.4 Å². The fraction of sp³-hybridized carbons (Fsp3) is 0.240. The van der Waals surface area contributed by atoms with Crippen LogP contribution in [0.3, 0.4) is 0 Å². The smallest absolute Gasteiger partial charge is 0.269 e. The van der Waals surface area contributed by atoms with Crippen LogP contribution in [-0.2, 0) is 10.0 Å². The molecule has 0 unspecified atom stereocenters. The molecule has 0 saturated carbocycles. The van der Waals surface area contributed by atoms with Gasteiger partial charge in [0.1, 0.15) is 10.1 Å². The Labute approximate surface area is 212 Å². The fourth-order valence-electron chi connectivity index (χ4n) is 3.92. The summed E-state index contributed by atoms with van der Waals surface area (Å²) < 4.78 is 28.6. The maximum absolute atomic E-state index is 13.5. The number of aliphatic hydroxyl groups is 1. The van der Waals surface area contributed by atoms with Crippen LogP contribution in [0.15, 0.2) is 64.4 Å². The van der Waals surface area contributed by atoms with E-state index < -0.39 is 16.1 Å². The number of aliphatic hydroxyl groups excluding tert-OH is 1. The third-order valence-electron chi connectivity index (χ3n) is 5.66. The lowest BCUT2D eigenvalue weighted by molar-refractivity contribution is 0.0703. The minimum absolute atomic E-state index is 0.148. The Bertz CT molecular complexity index is 1530. The van der Waals surface area contributed by atoms with Crippen LogP contribution in [0, 0.1) is 13.8 Å². The summed E-state index contributed by atoms with van der Waals surface area (Å²) in [5.74, 6) is -0.207. The topological polar surface area (TPSA) is 105 Å². The number of aryl methyl sites for hydroxylation is 2. The van der Waals surface area contributed by atoms with Crippen molar-refractivity contribution in [2.24, 2.45) is 0 Å². The summed E-state index contributed by atoms with van der Waals surface area (Å²) in [6.07, 6.45) is 2.34. The van der Waals surface area contributed by atoms with Crippen molar-refractivity contribution in [2.45, 2.75) is 31.8 Å². The highest BCUT2D eigenvalue weighted by atomic mass is 79.9. The molecule has 35 heavy (non-hydrogen) atoms. The van der Waals surface area contributed by atoms with Gasteiger partial charge in [-0.2, -0.15) is 0 Å². The number of hydrogen-bond acceptors (Lipinski definition) is 6. The summed E-state index contributed by atoms with van der Waals surface area (Å²) >= 11 is 3.33. The number of benzene rings is 2. The molecule has 0 radical (unpaired) electrons. The van der Waals surface area contributed by atoms with Gasteiger partial charge in [0.05, 0.1) is 17.2 Å². The first kappa shape index (κ1) is 25.0. The Morgan fingerprint density at radius 2 is 1.86 bits per heavy atom. The summed E-state index contributed by atoms with van der Waals surface area (Å²) in [6, 6.07) is 11.9. The fourth-order valence-corrected chi connectivity index (χ4v) is 5.51. The molecule has 0 fully saturated rings. The summed E-state index contributed by atoms with van der Waals surface area (Å²) in [5.41, 5.74) is 4.07. The quantitative estimate of drug-likeness (QED) is 0.382. The van der Waals surface area contributed by atoms with Gasteiger partial charge < -0.3 is 10.0 Å². The van der Waals surface area contributed by atoms with Crippen molar-refractivity contribution in [3.8, 4) is 11.1 Å². The Morgan fingerprint density at radius 3 is 2.49 bits per heavy atom. The monoisotopic (exact) mass is 556 g/mol. The highest BCUT2D eigenvalue weighted by Crippen LogP contribution is 2.33. The van der Waals surface area contributed by atoms with Gasteiger partial charge in [0.25, 0.3) is 15.9 Å². The molecule has 0 spiro atoms. The number of rotatable bonds is 6. The lowest BCUT2D eigenvalue weighted by atomic mass is 10.0. The lowest BCUT2D eigenvalue weighted by Gasteiger charge is -2.20. The van der Waals surface area contributed by atoms with Crippen LogP contribution in [0.25, 0.3) is 22.3 Å². The van der Waals surface area contributed by atoms with E-state index in [1.54, 1.807) is 50.4 Å². The summed E-state index contributed by atoms with van der Waals surface area (Å²) in [6.45, 7) is 5.55. The Balaban J connectivity index is 1.84. The zero-order valence-electron chi connectivity index (χ0n) is 19.7. The van der Waals surface area contributed by atoms with E-state index in [9.17, 15) is 18.3 Å². The minimum atomic E-state index is -3.92. The molecule has 0 aliphatic carbocycles. The van der Waals surface area contributed by atoms with Crippen molar-refractivity contribution >= 4 is 43.0 Å². The van der Waals surface area contributed by atoms with E-state index in [2.05, 4.69) is 25.9 Å². The number of halogens is 1. The first-order chi connectivity index (χ1) is 16.5. The number of likely N-dealkylation sites (N-methyl/N-ethyl adjacent to an activating group) is 1. The number of hydrogen-bond donors (Lipinski definition) is 1. The van der Waals surface area contributed by atoms with Crippen LogP contribution in [0.4, 0.5) is 0 Å². The standard InChI is InChI=1S/C25H25BrN4O4S/c1-15-5-8-19(9-6-15)35(33,34)30-14-21(23-24(30)27-12-22(26)28-23)18-7-10-20(16(2)11-18)25(32)29(4)13-17(3)31/h5-12,14,17,31H,13H2,1-4H3/t17-/m1/s1. The number of nitrogens with zero attached hydrogens (tertiary/aromatic N) is 4. The molecular formula is C25H25BrN4O4S. The van der Waals surface area contributed by atoms with E-state index in [-0.39, 0.29) is 23.0 Å². The van der Waals surface area contributed by atoms with Crippen LogP contribution in [0.2, 0.25) is 0 Å². The largest absolute Gasteiger partial charge is 0.392 e. The highest BCUT2D eigenvalue weighted by molar-refractivity contribution is 9.10. The van der Waals surface area contributed by atoms with Crippen molar-refractivity contribution in [3.05, 3.63) is 76.2 Å². The maximum Gasteiger partial charge on any atom is 0.269 e. The molecule has 4 aromatic rings. The zero-order valence-corrected chi connectivity index (χ0v) is 22.1. The van der Waals surface area contributed by atoms with E-state index in [4.69, 9.17) is 0 Å². The van der Waals surface area contributed by atoms with E-state index in [1.807, 2.05) is 19.9 Å². The highest BCUT2D eigenvalue weighted by Gasteiger charge is 2.24. The van der Waals surface area contributed by atoms with Gasteiger partial charge in [-0.15, -0.1) is 0 Å². The van der Waals surface area contributed by atoms with E-state index in [0.29, 0.717) is 26.8 Å². The second-order valence-corrected chi connectivity index (χ2v) is 11.2. The molecule has 1 atom stereocenters. The number of carbonyl (C=O) groups is 1. The van der Waals surface area contributed by atoms with Gasteiger partial charge in [0, 0.05) is 30.9 Å². The van der Waals surface area contributed by atoms with E-state index >= 15 is 0 Å². The molecule has 1 amide bonds.